The third-order valence-corrected chi connectivity index (χ3v) is 3.06. The number of hydrogen-bond acceptors (Lipinski definition) is 3. The van der Waals surface area contributed by atoms with Crippen LogP contribution >= 0.6 is 0 Å². The van der Waals surface area contributed by atoms with Crippen LogP contribution in [0.25, 0.3) is 11.2 Å². The molecule has 5 nitrogen and oxygen atoms in total. The van der Waals surface area contributed by atoms with Crippen molar-refractivity contribution >= 4 is 17.1 Å². The lowest BCUT2D eigenvalue weighted by Gasteiger charge is -2.12. The first-order valence-corrected chi connectivity index (χ1v) is 5.54. The third-order valence-electron chi connectivity index (χ3n) is 3.06. The van der Waals surface area contributed by atoms with Gasteiger partial charge in [0, 0.05) is 12.1 Å². The number of nitrogens with one attached hydrogen (secondary N) is 1. The zero-order valence-corrected chi connectivity index (χ0v) is 10.1. The van der Waals surface area contributed by atoms with Crippen molar-refractivity contribution in [1.82, 2.24) is 15.0 Å². The van der Waals surface area contributed by atoms with E-state index in [1.807, 2.05) is 19.9 Å². The molecule has 2 heterocycles. The molecule has 0 aliphatic heterocycles. The van der Waals surface area contributed by atoms with Crippen molar-refractivity contribution in [3.8, 4) is 0 Å². The van der Waals surface area contributed by atoms with Crippen LogP contribution in [0.15, 0.2) is 12.3 Å². The number of H-pyrrole nitrogens is 1. The summed E-state index contributed by atoms with van der Waals surface area (Å²) in [5, 5.41) is 8.98. The average Bonchev–Trinajstić information content (AvgIpc) is 2.69. The second-order valence-electron chi connectivity index (χ2n) is 4.42. The third kappa shape index (κ3) is 2.13. The predicted octanol–water partition coefficient (Wildman–Crippen LogP) is 2.09. The van der Waals surface area contributed by atoms with E-state index in [0.717, 1.165) is 11.1 Å². The summed E-state index contributed by atoms with van der Waals surface area (Å²) >= 11 is 0. The lowest BCUT2D eigenvalue weighted by Crippen LogP contribution is -2.17. The molecule has 0 aliphatic carbocycles. The molecule has 2 atom stereocenters. The van der Waals surface area contributed by atoms with E-state index in [1.165, 1.54) is 0 Å². The Hall–Kier alpha value is -1.91. The minimum atomic E-state index is -0.818. The lowest BCUT2D eigenvalue weighted by molar-refractivity contribution is -0.141. The monoisotopic (exact) mass is 233 g/mol. The van der Waals surface area contributed by atoms with Gasteiger partial charge in [-0.3, -0.25) is 4.79 Å². The van der Waals surface area contributed by atoms with Crippen LogP contribution in [0.5, 0.6) is 0 Å². The van der Waals surface area contributed by atoms with Crippen LogP contribution in [0, 0.1) is 12.8 Å². The second-order valence-corrected chi connectivity index (χ2v) is 4.42. The highest BCUT2D eigenvalue weighted by atomic mass is 16.4. The largest absolute Gasteiger partial charge is 0.481 e. The Morgan fingerprint density at radius 3 is 2.82 bits per heavy atom. The van der Waals surface area contributed by atoms with E-state index >= 15 is 0 Å². The number of carboxylic acid groups (broad SMARTS) is 1. The van der Waals surface area contributed by atoms with Crippen molar-refractivity contribution in [1.29, 1.82) is 0 Å². The maximum Gasteiger partial charge on any atom is 0.306 e. The van der Waals surface area contributed by atoms with Crippen LogP contribution in [0.4, 0.5) is 0 Å². The quantitative estimate of drug-likeness (QED) is 0.850. The zero-order valence-electron chi connectivity index (χ0n) is 10.1. The van der Waals surface area contributed by atoms with Crippen LogP contribution in [0.1, 0.15) is 31.2 Å². The van der Waals surface area contributed by atoms with Crippen molar-refractivity contribution in [2.45, 2.75) is 26.7 Å². The summed E-state index contributed by atoms with van der Waals surface area (Å²) in [5.41, 5.74) is 2.53. The molecule has 0 aromatic carbocycles. The van der Waals surface area contributed by atoms with Gasteiger partial charge in [0.1, 0.15) is 5.82 Å². The maximum atomic E-state index is 10.9. The fourth-order valence-corrected chi connectivity index (χ4v) is 1.69. The summed E-state index contributed by atoms with van der Waals surface area (Å²) in [7, 11) is 0. The van der Waals surface area contributed by atoms with E-state index in [-0.39, 0.29) is 5.92 Å². The van der Waals surface area contributed by atoms with E-state index in [4.69, 9.17) is 5.11 Å². The number of carboxylic acids is 1. The van der Waals surface area contributed by atoms with Crippen molar-refractivity contribution in [3.63, 3.8) is 0 Å². The van der Waals surface area contributed by atoms with E-state index in [2.05, 4.69) is 15.0 Å². The number of fused-ring (bicyclic) bond motifs is 1. The molecule has 0 amide bonds. The van der Waals surface area contributed by atoms with Gasteiger partial charge in [-0.1, -0.05) is 13.8 Å². The minimum absolute atomic E-state index is 0.165. The van der Waals surface area contributed by atoms with Crippen molar-refractivity contribution in [3.05, 3.63) is 23.7 Å². The standard InChI is InChI=1S/C12H15N3O2/c1-6-4-9-11(13-5-6)15-10(14-9)7(2)8(3)12(16)17/h4-5,7-8H,1-3H3,(H,16,17)(H,13,14,15). The number of hydrogen-bond donors (Lipinski definition) is 2. The first-order chi connectivity index (χ1) is 7.99. The van der Waals surface area contributed by atoms with Gasteiger partial charge in [0.15, 0.2) is 5.65 Å². The summed E-state index contributed by atoms with van der Waals surface area (Å²) in [6, 6.07) is 1.96. The van der Waals surface area contributed by atoms with Crippen LogP contribution < -0.4 is 0 Å². The molecular formula is C12H15N3O2. The van der Waals surface area contributed by atoms with Crippen LogP contribution in [-0.2, 0) is 4.79 Å². The fourth-order valence-electron chi connectivity index (χ4n) is 1.69. The van der Waals surface area contributed by atoms with Gasteiger partial charge in [0.25, 0.3) is 0 Å². The minimum Gasteiger partial charge on any atom is -0.481 e. The van der Waals surface area contributed by atoms with Gasteiger partial charge in [-0.05, 0) is 18.6 Å². The number of imidazole rings is 1. The molecule has 0 bridgehead atoms. The van der Waals surface area contributed by atoms with Crippen molar-refractivity contribution in [2.24, 2.45) is 5.92 Å². The second kappa shape index (κ2) is 4.16. The van der Waals surface area contributed by atoms with E-state index in [1.54, 1.807) is 13.1 Å². The Labute approximate surface area is 98.9 Å². The lowest BCUT2D eigenvalue weighted by atomic mass is 9.96. The molecule has 0 saturated carbocycles. The highest BCUT2D eigenvalue weighted by molar-refractivity contribution is 5.73. The van der Waals surface area contributed by atoms with Crippen molar-refractivity contribution < 1.29 is 9.90 Å². The van der Waals surface area contributed by atoms with Gasteiger partial charge in [0.2, 0.25) is 0 Å². The van der Waals surface area contributed by atoms with E-state index < -0.39 is 11.9 Å². The molecule has 17 heavy (non-hydrogen) atoms. The van der Waals surface area contributed by atoms with Crippen LogP contribution in [0.2, 0.25) is 0 Å². The van der Waals surface area contributed by atoms with Gasteiger partial charge in [-0.15, -0.1) is 0 Å². The molecule has 2 unspecified atom stereocenters. The molecule has 90 valence electrons. The molecule has 0 spiro atoms. The van der Waals surface area contributed by atoms with Gasteiger partial charge in [-0.25, -0.2) is 9.97 Å². The molecule has 0 fully saturated rings. The highest BCUT2D eigenvalue weighted by Gasteiger charge is 2.23. The van der Waals surface area contributed by atoms with Gasteiger partial charge < -0.3 is 10.1 Å². The number of pyridine rings is 1. The Bertz CT molecular complexity index is 562. The van der Waals surface area contributed by atoms with E-state index in [9.17, 15) is 4.79 Å². The molecular weight excluding hydrogens is 218 g/mol. The number of rotatable bonds is 3. The normalized spacial score (nSPS) is 14.8. The fraction of sp³-hybridized carbons (Fsp3) is 0.417. The van der Waals surface area contributed by atoms with Gasteiger partial charge in [0.05, 0.1) is 11.4 Å². The Balaban J connectivity index is 2.39. The predicted molar refractivity (Wildman–Crippen MR) is 63.8 cm³/mol. The van der Waals surface area contributed by atoms with E-state index in [0.29, 0.717) is 11.5 Å². The highest BCUT2D eigenvalue weighted by Crippen LogP contribution is 2.23. The molecule has 2 rings (SSSR count). The Kier molecular flexibility index (Phi) is 2.83. The Morgan fingerprint density at radius 1 is 1.47 bits per heavy atom. The molecule has 5 heteroatoms. The SMILES string of the molecule is Cc1cnc2nc(C(C)C(C)C(=O)O)[nH]c2c1. The molecule has 0 saturated heterocycles. The number of carbonyl (C=O) groups is 1. The van der Waals surface area contributed by atoms with Crippen LogP contribution in [-0.4, -0.2) is 26.0 Å². The molecule has 2 aromatic heterocycles. The molecule has 2 N–H and O–H groups in total. The number of aromatic amines is 1. The number of aryl methyl sites for hydroxylation is 1. The first-order valence-electron chi connectivity index (χ1n) is 5.54. The van der Waals surface area contributed by atoms with Crippen LogP contribution in [0.3, 0.4) is 0 Å². The molecule has 2 aromatic rings. The number of aliphatic carboxylic acids is 1. The maximum absolute atomic E-state index is 10.9. The molecule has 0 radical (unpaired) electrons. The van der Waals surface area contributed by atoms with Gasteiger partial charge >= 0.3 is 5.97 Å². The summed E-state index contributed by atoms with van der Waals surface area (Å²) in [6.45, 7) is 5.48. The first kappa shape index (κ1) is 11.6. The summed E-state index contributed by atoms with van der Waals surface area (Å²) in [5.74, 6) is -0.784. The summed E-state index contributed by atoms with van der Waals surface area (Å²) in [6.07, 6.45) is 1.75. The van der Waals surface area contributed by atoms with Crippen molar-refractivity contribution in [2.75, 3.05) is 0 Å². The summed E-state index contributed by atoms with van der Waals surface area (Å²) in [4.78, 5) is 22.6. The zero-order chi connectivity index (χ0) is 12.6. The Morgan fingerprint density at radius 2 is 2.18 bits per heavy atom. The average molecular weight is 233 g/mol. The topological polar surface area (TPSA) is 78.9 Å². The number of aromatic nitrogens is 3. The summed E-state index contributed by atoms with van der Waals surface area (Å²) < 4.78 is 0. The smallest absolute Gasteiger partial charge is 0.306 e. The van der Waals surface area contributed by atoms with Gasteiger partial charge in [-0.2, -0.15) is 0 Å². The molecule has 0 aliphatic rings. The number of nitrogens with zero attached hydrogens (tertiary/aromatic N) is 2.